The number of hydrogen-bond acceptors (Lipinski definition) is 5. The standard InChI is InChI=1S/C24H23N3O4/c1-31-19-9-5-6-16(14-19)12-13-26-23(25)22(17-7-3-2-4-8-17)20-11-10-18(27(29)30)15-21(20)24(26)28/h2-11,14-15,27,29H,12-13,25H2,1H3. The fraction of sp³-hybridized carbons (Fsp3) is 0.125. The summed E-state index contributed by atoms with van der Waals surface area (Å²) >= 11 is 0. The first-order valence-corrected chi connectivity index (χ1v) is 9.87. The molecule has 158 valence electrons. The quantitative estimate of drug-likeness (QED) is 0.419. The van der Waals surface area contributed by atoms with E-state index in [1.165, 1.54) is 16.7 Å². The third-order valence-electron chi connectivity index (χ3n) is 5.38. The normalized spacial score (nSPS) is 12.1. The number of pyridine rings is 1. The van der Waals surface area contributed by atoms with E-state index in [-0.39, 0.29) is 11.2 Å². The maximum absolute atomic E-state index is 13.3. The molecule has 1 unspecified atom stereocenters. The number of quaternary nitrogens is 1. The molecule has 3 aromatic carbocycles. The van der Waals surface area contributed by atoms with Crippen LogP contribution in [0.1, 0.15) is 5.56 Å². The van der Waals surface area contributed by atoms with Crippen LogP contribution in [0.3, 0.4) is 0 Å². The zero-order chi connectivity index (χ0) is 22.0. The minimum absolute atomic E-state index is 0.0627. The Morgan fingerprint density at radius 3 is 2.52 bits per heavy atom. The number of benzene rings is 3. The van der Waals surface area contributed by atoms with Gasteiger partial charge >= 0.3 is 0 Å². The summed E-state index contributed by atoms with van der Waals surface area (Å²) in [7, 11) is 1.61. The first-order chi connectivity index (χ1) is 15.0. The molecule has 0 fully saturated rings. The largest absolute Gasteiger partial charge is 0.595 e. The highest BCUT2D eigenvalue weighted by Gasteiger charge is 2.18. The fourth-order valence-corrected chi connectivity index (χ4v) is 3.80. The van der Waals surface area contributed by atoms with E-state index in [2.05, 4.69) is 0 Å². The summed E-state index contributed by atoms with van der Waals surface area (Å²) in [5.41, 5.74) is 8.87. The smallest absolute Gasteiger partial charge is 0.260 e. The fourth-order valence-electron chi connectivity index (χ4n) is 3.80. The Bertz CT molecular complexity index is 1280. The van der Waals surface area contributed by atoms with Crippen molar-refractivity contribution in [3.05, 3.63) is 93.9 Å². The first kappa shape index (κ1) is 20.6. The van der Waals surface area contributed by atoms with Crippen molar-refractivity contribution in [1.82, 2.24) is 4.57 Å². The molecule has 1 aromatic heterocycles. The molecule has 1 heterocycles. The lowest BCUT2D eigenvalue weighted by molar-refractivity contribution is -0.991. The van der Waals surface area contributed by atoms with Gasteiger partial charge in [0.15, 0.2) is 5.69 Å². The van der Waals surface area contributed by atoms with Gasteiger partial charge in [-0.1, -0.05) is 42.5 Å². The molecule has 4 aromatic rings. The zero-order valence-electron chi connectivity index (χ0n) is 17.0. The second-order valence-electron chi connectivity index (χ2n) is 7.25. The summed E-state index contributed by atoms with van der Waals surface area (Å²) in [5.74, 6) is 1.10. The molecule has 0 spiro atoms. The van der Waals surface area contributed by atoms with Crippen LogP contribution in [0.5, 0.6) is 5.75 Å². The van der Waals surface area contributed by atoms with Crippen molar-refractivity contribution in [3.63, 3.8) is 0 Å². The molecular formula is C24H23N3O4. The number of hydrogen-bond donors (Lipinski definition) is 3. The lowest BCUT2D eigenvalue weighted by atomic mass is 9.98. The minimum Gasteiger partial charge on any atom is -0.595 e. The molecule has 4 rings (SSSR count). The van der Waals surface area contributed by atoms with Gasteiger partial charge in [0.1, 0.15) is 11.6 Å². The number of aryl methyl sites for hydroxylation is 1. The Labute approximate surface area is 179 Å². The van der Waals surface area contributed by atoms with Gasteiger partial charge in [-0.2, -0.15) is 5.23 Å². The van der Waals surface area contributed by atoms with Crippen LogP contribution in [0.15, 0.2) is 77.6 Å². The van der Waals surface area contributed by atoms with Crippen LogP contribution in [0.4, 0.5) is 11.5 Å². The van der Waals surface area contributed by atoms with Gasteiger partial charge in [0.05, 0.1) is 12.5 Å². The van der Waals surface area contributed by atoms with Crippen LogP contribution in [-0.4, -0.2) is 16.9 Å². The number of ether oxygens (including phenoxy) is 1. The van der Waals surface area contributed by atoms with Crippen molar-refractivity contribution in [2.24, 2.45) is 0 Å². The Morgan fingerprint density at radius 1 is 1.03 bits per heavy atom. The molecule has 0 aliphatic carbocycles. The molecule has 0 aliphatic rings. The molecule has 7 heteroatoms. The Balaban J connectivity index is 1.88. The van der Waals surface area contributed by atoms with Crippen molar-refractivity contribution in [3.8, 4) is 16.9 Å². The van der Waals surface area contributed by atoms with E-state index in [4.69, 9.17) is 10.5 Å². The molecule has 31 heavy (non-hydrogen) atoms. The number of nitrogens with zero attached hydrogens (tertiary/aromatic N) is 1. The van der Waals surface area contributed by atoms with Gasteiger partial charge in [0.2, 0.25) is 0 Å². The van der Waals surface area contributed by atoms with Crippen LogP contribution in [0.2, 0.25) is 0 Å². The summed E-state index contributed by atoms with van der Waals surface area (Å²) < 4.78 is 6.80. The summed E-state index contributed by atoms with van der Waals surface area (Å²) in [5, 5.41) is 20.8. The predicted molar refractivity (Wildman–Crippen MR) is 121 cm³/mol. The number of methoxy groups -OCH3 is 1. The Morgan fingerprint density at radius 2 is 1.81 bits per heavy atom. The molecule has 0 saturated carbocycles. The first-order valence-electron chi connectivity index (χ1n) is 9.87. The molecule has 1 atom stereocenters. The summed E-state index contributed by atoms with van der Waals surface area (Å²) in [6.07, 6.45) is 0.569. The number of rotatable bonds is 6. The van der Waals surface area contributed by atoms with E-state index in [1.807, 2.05) is 54.6 Å². The number of nitrogen functional groups attached to an aromatic ring is 1. The second kappa shape index (κ2) is 8.61. The maximum atomic E-state index is 13.3. The Kier molecular flexibility index (Phi) is 5.73. The van der Waals surface area contributed by atoms with E-state index < -0.39 is 5.23 Å². The highest BCUT2D eigenvalue weighted by Crippen LogP contribution is 2.33. The summed E-state index contributed by atoms with van der Waals surface area (Å²) in [6, 6.07) is 21.8. The molecule has 4 N–H and O–H groups in total. The van der Waals surface area contributed by atoms with Crippen molar-refractivity contribution >= 4 is 22.3 Å². The summed E-state index contributed by atoms with van der Waals surface area (Å²) in [4.78, 5) is 13.3. The molecule has 0 amide bonds. The monoisotopic (exact) mass is 417 g/mol. The molecule has 0 bridgehead atoms. The lowest BCUT2D eigenvalue weighted by Crippen LogP contribution is -2.99. The van der Waals surface area contributed by atoms with Crippen molar-refractivity contribution < 1.29 is 15.2 Å². The Hall–Kier alpha value is -3.65. The van der Waals surface area contributed by atoms with E-state index in [1.54, 1.807) is 13.2 Å². The van der Waals surface area contributed by atoms with Crippen LogP contribution in [0, 0.1) is 5.21 Å². The zero-order valence-corrected chi connectivity index (χ0v) is 17.0. The van der Waals surface area contributed by atoms with E-state index in [0.29, 0.717) is 29.6 Å². The summed E-state index contributed by atoms with van der Waals surface area (Å²) in [6.45, 7) is 0.352. The second-order valence-corrected chi connectivity index (χ2v) is 7.25. The molecular weight excluding hydrogens is 394 g/mol. The highest BCUT2D eigenvalue weighted by molar-refractivity contribution is 6.01. The average Bonchev–Trinajstić information content (AvgIpc) is 2.79. The number of aromatic nitrogens is 1. The number of fused-ring (bicyclic) bond motifs is 1. The van der Waals surface area contributed by atoms with Gasteiger partial charge < -0.3 is 15.7 Å². The van der Waals surface area contributed by atoms with E-state index >= 15 is 0 Å². The molecule has 0 radical (unpaired) electrons. The van der Waals surface area contributed by atoms with Gasteiger partial charge in [-0.05, 0) is 41.1 Å². The van der Waals surface area contributed by atoms with Crippen LogP contribution < -0.4 is 21.3 Å². The lowest BCUT2D eigenvalue weighted by Gasteiger charge is -2.18. The molecule has 0 saturated heterocycles. The topological polar surface area (TPSA) is 105 Å². The van der Waals surface area contributed by atoms with Crippen LogP contribution >= 0.6 is 0 Å². The predicted octanol–water partition coefficient (Wildman–Crippen LogP) is 2.91. The van der Waals surface area contributed by atoms with Crippen molar-refractivity contribution in [1.29, 1.82) is 0 Å². The van der Waals surface area contributed by atoms with Crippen molar-refractivity contribution in [2.75, 3.05) is 12.8 Å². The van der Waals surface area contributed by atoms with Gasteiger partial charge in [-0.3, -0.25) is 9.36 Å². The van der Waals surface area contributed by atoms with Crippen LogP contribution in [-0.2, 0) is 13.0 Å². The van der Waals surface area contributed by atoms with Gasteiger partial charge in [0, 0.05) is 24.2 Å². The van der Waals surface area contributed by atoms with E-state index in [0.717, 1.165) is 22.4 Å². The third-order valence-corrected chi connectivity index (χ3v) is 5.38. The van der Waals surface area contributed by atoms with Crippen molar-refractivity contribution in [2.45, 2.75) is 13.0 Å². The van der Waals surface area contributed by atoms with Crippen LogP contribution in [0.25, 0.3) is 21.9 Å². The average molecular weight is 417 g/mol. The third kappa shape index (κ3) is 4.02. The molecule has 0 aliphatic heterocycles. The maximum Gasteiger partial charge on any atom is 0.260 e. The number of nitrogens with two attached hydrogens (primary N) is 1. The SMILES string of the molecule is COc1cccc(CCn2c(N)c(-c3ccccc3)c3ccc([NH+]([O-])O)cc3c2=O)c1. The van der Waals surface area contributed by atoms with Gasteiger partial charge in [-0.15, -0.1) is 0 Å². The number of nitrogens with one attached hydrogen (secondary N) is 1. The molecule has 7 nitrogen and oxygen atoms in total. The van der Waals surface area contributed by atoms with Gasteiger partial charge in [-0.25, -0.2) is 5.21 Å². The highest BCUT2D eigenvalue weighted by atomic mass is 16.8. The number of anilines is 1. The minimum atomic E-state index is -1.08. The van der Waals surface area contributed by atoms with Gasteiger partial charge in [0.25, 0.3) is 5.56 Å². The van der Waals surface area contributed by atoms with E-state index in [9.17, 15) is 15.2 Å².